The summed E-state index contributed by atoms with van der Waals surface area (Å²) in [7, 11) is 0. The Hall–Kier alpha value is -3.02. The Balaban J connectivity index is 1.62. The van der Waals surface area contributed by atoms with Gasteiger partial charge in [0.1, 0.15) is 5.75 Å². The summed E-state index contributed by atoms with van der Waals surface area (Å²) >= 11 is 0. The Morgan fingerprint density at radius 2 is 1.21 bits per heavy atom. The second kappa shape index (κ2) is 10.3. The number of aromatic nitrogens is 4. The maximum atomic E-state index is 5.64. The first kappa shape index (κ1) is 19.7. The Bertz CT molecular complexity index is 834. The molecule has 6 heteroatoms. The quantitative estimate of drug-likeness (QED) is 0.465. The first-order valence-corrected chi connectivity index (χ1v) is 9.80. The predicted molar refractivity (Wildman–Crippen MR) is 109 cm³/mol. The van der Waals surface area contributed by atoms with E-state index in [9.17, 15) is 0 Å². The van der Waals surface area contributed by atoms with Crippen molar-refractivity contribution < 1.29 is 9.47 Å². The van der Waals surface area contributed by atoms with Crippen LogP contribution in [0.1, 0.15) is 39.5 Å². The highest BCUT2D eigenvalue weighted by Crippen LogP contribution is 2.21. The van der Waals surface area contributed by atoms with Crippen molar-refractivity contribution in [3.63, 3.8) is 0 Å². The second-order valence-electron chi connectivity index (χ2n) is 6.47. The van der Waals surface area contributed by atoms with E-state index in [4.69, 9.17) is 9.47 Å². The van der Waals surface area contributed by atoms with E-state index in [1.807, 2.05) is 24.3 Å². The maximum Gasteiger partial charge on any atom is 0.162 e. The van der Waals surface area contributed by atoms with Crippen LogP contribution in [-0.4, -0.2) is 33.1 Å². The third kappa shape index (κ3) is 5.49. The van der Waals surface area contributed by atoms with Gasteiger partial charge >= 0.3 is 0 Å². The molecule has 0 atom stereocenters. The largest absolute Gasteiger partial charge is 0.494 e. The van der Waals surface area contributed by atoms with Crippen LogP contribution in [0.4, 0.5) is 0 Å². The minimum absolute atomic E-state index is 0.579. The number of hydrogen-bond acceptors (Lipinski definition) is 6. The smallest absolute Gasteiger partial charge is 0.162 e. The summed E-state index contributed by atoms with van der Waals surface area (Å²) in [5.74, 6) is 2.77. The van der Waals surface area contributed by atoms with Gasteiger partial charge in [-0.05, 0) is 37.1 Å². The molecule has 0 spiro atoms. The summed E-state index contributed by atoms with van der Waals surface area (Å²) < 4.78 is 11.2. The molecule has 1 aromatic carbocycles. The summed E-state index contributed by atoms with van der Waals surface area (Å²) in [5.41, 5.74) is 1.70. The average molecular weight is 378 g/mol. The molecule has 2 aromatic heterocycles. The molecule has 0 saturated carbocycles. The van der Waals surface area contributed by atoms with Gasteiger partial charge in [-0.25, -0.2) is 19.9 Å². The van der Waals surface area contributed by atoms with E-state index in [1.165, 1.54) is 6.42 Å². The van der Waals surface area contributed by atoms with Crippen LogP contribution in [0.2, 0.25) is 0 Å². The molecule has 28 heavy (non-hydrogen) atoms. The molecule has 0 aliphatic heterocycles. The number of ether oxygens (including phenoxy) is 2. The number of rotatable bonds is 10. The summed E-state index contributed by atoms with van der Waals surface area (Å²) in [6.45, 7) is 5.66. The molecule has 0 amide bonds. The molecule has 3 rings (SSSR count). The number of nitrogens with zero attached hydrogens (tertiary/aromatic N) is 4. The van der Waals surface area contributed by atoms with Crippen LogP contribution in [0.5, 0.6) is 11.5 Å². The lowest BCUT2D eigenvalue weighted by atomic mass is 10.2. The van der Waals surface area contributed by atoms with Crippen LogP contribution in [0.25, 0.3) is 22.8 Å². The van der Waals surface area contributed by atoms with Crippen LogP contribution in [0, 0.1) is 0 Å². The van der Waals surface area contributed by atoms with Crippen LogP contribution in [-0.2, 0) is 0 Å². The van der Waals surface area contributed by atoms with Gasteiger partial charge in [-0.2, -0.15) is 0 Å². The molecule has 0 unspecified atom stereocenters. The first-order valence-electron chi connectivity index (χ1n) is 9.80. The summed E-state index contributed by atoms with van der Waals surface area (Å²) in [6.07, 6.45) is 11.2. The van der Waals surface area contributed by atoms with Crippen LogP contribution in [0.15, 0.2) is 49.1 Å². The standard InChI is InChI=1S/C22H26N4O2/c1-3-5-6-12-28-20-15-25-22(26-16-20)18-13-23-21(24-14-18)17-7-9-19(10-8-17)27-11-4-2/h7-10,13-16H,3-6,11-12H2,1-2H3. The lowest BCUT2D eigenvalue weighted by Gasteiger charge is -2.07. The topological polar surface area (TPSA) is 70.0 Å². The molecular formula is C22H26N4O2. The number of benzene rings is 1. The van der Waals surface area contributed by atoms with Gasteiger partial charge < -0.3 is 9.47 Å². The van der Waals surface area contributed by atoms with Gasteiger partial charge in [0.25, 0.3) is 0 Å². The van der Waals surface area contributed by atoms with Crippen molar-refractivity contribution in [2.45, 2.75) is 39.5 Å². The minimum atomic E-state index is 0.579. The molecule has 0 aliphatic rings. The zero-order valence-corrected chi connectivity index (χ0v) is 16.5. The fraction of sp³-hybridized carbons (Fsp3) is 0.364. The third-order valence-corrected chi connectivity index (χ3v) is 4.14. The Kier molecular flexibility index (Phi) is 7.29. The SMILES string of the molecule is CCCCCOc1cnc(-c2cnc(-c3ccc(OCCC)cc3)nc2)nc1. The van der Waals surface area contributed by atoms with E-state index in [-0.39, 0.29) is 0 Å². The van der Waals surface area contributed by atoms with E-state index in [0.29, 0.717) is 30.6 Å². The molecule has 0 saturated heterocycles. The molecule has 3 aromatic rings. The predicted octanol–water partition coefficient (Wildman–Crippen LogP) is 4.96. The molecule has 0 N–H and O–H groups in total. The monoisotopic (exact) mass is 378 g/mol. The third-order valence-electron chi connectivity index (χ3n) is 4.14. The molecule has 0 bridgehead atoms. The van der Waals surface area contributed by atoms with Crippen molar-refractivity contribution in [3.8, 4) is 34.3 Å². The number of hydrogen-bond donors (Lipinski definition) is 0. The maximum absolute atomic E-state index is 5.64. The fourth-order valence-corrected chi connectivity index (χ4v) is 2.59. The lowest BCUT2D eigenvalue weighted by molar-refractivity contribution is 0.304. The Labute approximate surface area is 166 Å². The van der Waals surface area contributed by atoms with Gasteiger partial charge in [-0.15, -0.1) is 0 Å². The summed E-state index contributed by atoms with van der Waals surface area (Å²) in [5, 5.41) is 0. The van der Waals surface area contributed by atoms with Gasteiger partial charge in [-0.1, -0.05) is 26.7 Å². The molecule has 2 heterocycles. The normalized spacial score (nSPS) is 10.6. The second-order valence-corrected chi connectivity index (χ2v) is 6.47. The average Bonchev–Trinajstić information content (AvgIpc) is 2.76. The Morgan fingerprint density at radius 3 is 1.86 bits per heavy atom. The molecule has 6 nitrogen and oxygen atoms in total. The van der Waals surface area contributed by atoms with Gasteiger partial charge in [0.05, 0.1) is 31.2 Å². The lowest BCUT2D eigenvalue weighted by Crippen LogP contribution is -1.99. The zero-order chi connectivity index (χ0) is 19.6. The number of unbranched alkanes of at least 4 members (excludes halogenated alkanes) is 2. The first-order chi connectivity index (χ1) is 13.8. The Morgan fingerprint density at radius 1 is 0.607 bits per heavy atom. The van der Waals surface area contributed by atoms with Crippen molar-refractivity contribution in [2.24, 2.45) is 0 Å². The van der Waals surface area contributed by atoms with Crippen molar-refractivity contribution in [3.05, 3.63) is 49.1 Å². The van der Waals surface area contributed by atoms with Crippen LogP contribution >= 0.6 is 0 Å². The van der Waals surface area contributed by atoms with E-state index in [2.05, 4.69) is 33.8 Å². The highest BCUT2D eigenvalue weighted by atomic mass is 16.5. The fourth-order valence-electron chi connectivity index (χ4n) is 2.59. The van der Waals surface area contributed by atoms with E-state index in [1.54, 1.807) is 24.8 Å². The van der Waals surface area contributed by atoms with E-state index < -0.39 is 0 Å². The minimum Gasteiger partial charge on any atom is -0.494 e. The zero-order valence-electron chi connectivity index (χ0n) is 16.5. The summed E-state index contributed by atoms with van der Waals surface area (Å²) in [4.78, 5) is 17.6. The van der Waals surface area contributed by atoms with Crippen molar-refractivity contribution in [2.75, 3.05) is 13.2 Å². The van der Waals surface area contributed by atoms with Gasteiger partial charge in [0.15, 0.2) is 17.4 Å². The highest BCUT2D eigenvalue weighted by molar-refractivity contribution is 5.59. The molecule has 0 fully saturated rings. The van der Waals surface area contributed by atoms with Gasteiger partial charge in [-0.3, -0.25) is 0 Å². The van der Waals surface area contributed by atoms with Crippen LogP contribution in [0.3, 0.4) is 0 Å². The molecular weight excluding hydrogens is 352 g/mol. The molecule has 0 radical (unpaired) electrons. The van der Waals surface area contributed by atoms with Crippen molar-refractivity contribution in [1.29, 1.82) is 0 Å². The van der Waals surface area contributed by atoms with Crippen LogP contribution < -0.4 is 9.47 Å². The van der Waals surface area contributed by atoms with E-state index >= 15 is 0 Å². The highest BCUT2D eigenvalue weighted by Gasteiger charge is 2.06. The van der Waals surface area contributed by atoms with Gasteiger partial charge in [0, 0.05) is 18.0 Å². The molecule has 146 valence electrons. The van der Waals surface area contributed by atoms with E-state index in [0.717, 1.165) is 36.1 Å². The van der Waals surface area contributed by atoms with Crippen molar-refractivity contribution in [1.82, 2.24) is 19.9 Å². The molecule has 0 aliphatic carbocycles. The summed E-state index contributed by atoms with van der Waals surface area (Å²) in [6, 6.07) is 7.79. The van der Waals surface area contributed by atoms with Gasteiger partial charge in [0.2, 0.25) is 0 Å². The van der Waals surface area contributed by atoms with Crippen molar-refractivity contribution >= 4 is 0 Å².